The van der Waals surface area contributed by atoms with Crippen molar-refractivity contribution < 1.29 is 14.3 Å². The number of aromatic amines is 1. The Kier molecular flexibility index (Phi) is 6.54. The summed E-state index contributed by atoms with van der Waals surface area (Å²) in [6.45, 7) is 3.18. The highest BCUT2D eigenvalue weighted by molar-refractivity contribution is 5.98. The molecule has 10 nitrogen and oxygen atoms in total. The molecule has 1 saturated heterocycles. The molecule has 0 saturated carbocycles. The number of carbonyl (C=O) groups is 2. The summed E-state index contributed by atoms with van der Waals surface area (Å²) in [5.74, 6) is -2.13. The van der Waals surface area contributed by atoms with Crippen molar-refractivity contribution in [2.45, 2.75) is 25.7 Å². The summed E-state index contributed by atoms with van der Waals surface area (Å²) in [7, 11) is 3.84. The molecule has 4 rings (SSSR count). The predicted molar refractivity (Wildman–Crippen MR) is 127 cm³/mol. The maximum absolute atomic E-state index is 13.2. The van der Waals surface area contributed by atoms with Gasteiger partial charge in [-0.1, -0.05) is 12.1 Å². The highest BCUT2D eigenvalue weighted by atomic mass is 16.5. The topological polar surface area (TPSA) is 131 Å². The van der Waals surface area contributed by atoms with Gasteiger partial charge in [0.25, 0.3) is 5.56 Å². The fourth-order valence-corrected chi connectivity index (χ4v) is 4.58. The van der Waals surface area contributed by atoms with E-state index < -0.39 is 23.3 Å². The summed E-state index contributed by atoms with van der Waals surface area (Å²) in [6, 6.07) is 9.50. The molecule has 2 aromatic rings. The molecule has 2 aliphatic heterocycles. The minimum Gasteiger partial charge on any atom is -0.466 e. The van der Waals surface area contributed by atoms with Crippen LogP contribution in [0.5, 0.6) is 0 Å². The maximum atomic E-state index is 13.2. The van der Waals surface area contributed by atoms with E-state index in [9.17, 15) is 19.6 Å². The van der Waals surface area contributed by atoms with Gasteiger partial charge >= 0.3 is 5.97 Å². The van der Waals surface area contributed by atoms with Crippen LogP contribution in [0.15, 0.2) is 29.1 Å². The number of rotatable bonds is 5. The minimum atomic E-state index is -1.05. The third kappa shape index (κ3) is 4.33. The van der Waals surface area contributed by atoms with Crippen LogP contribution < -0.4 is 20.7 Å². The molecule has 10 heteroatoms. The molecule has 34 heavy (non-hydrogen) atoms. The zero-order valence-electron chi connectivity index (χ0n) is 19.5. The second kappa shape index (κ2) is 9.55. The SMILES string of the molecule is CCOC(=O)C1CCN(c2nc3c(c(=O)[nH]2)C(c2ccc(N(C)C)cc2)C(C#N)C(=O)N3)CC1. The maximum Gasteiger partial charge on any atom is 0.309 e. The van der Waals surface area contributed by atoms with Crippen molar-refractivity contribution in [2.24, 2.45) is 11.8 Å². The fourth-order valence-electron chi connectivity index (χ4n) is 4.58. The van der Waals surface area contributed by atoms with Gasteiger partial charge in [-0.2, -0.15) is 10.2 Å². The van der Waals surface area contributed by atoms with Crippen molar-refractivity contribution >= 4 is 29.3 Å². The molecule has 2 atom stereocenters. The number of aromatic nitrogens is 2. The number of amides is 1. The Labute approximate surface area is 197 Å². The molecule has 0 spiro atoms. The quantitative estimate of drug-likeness (QED) is 0.641. The Balaban J connectivity index is 1.65. The van der Waals surface area contributed by atoms with Gasteiger partial charge in [0, 0.05) is 38.8 Å². The van der Waals surface area contributed by atoms with Crippen LogP contribution in [0.2, 0.25) is 0 Å². The van der Waals surface area contributed by atoms with Crippen LogP contribution in [0.1, 0.15) is 36.8 Å². The largest absolute Gasteiger partial charge is 0.466 e. The molecule has 1 fully saturated rings. The summed E-state index contributed by atoms with van der Waals surface area (Å²) in [5.41, 5.74) is 1.54. The number of fused-ring (bicyclic) bond motifs is 1. The lowest BCUT2D eigenvalue weighted by Gasteiger charge is -2.33. The molecule has 1 amide bonds. The van der Waals surface area contributed by atoms with Gasteiger partial charge in [0.05, 0.1) is 24.2 Å². The number of ether oxygens (including phenoxy) is 1. The number of benzene rings is 1. The Bertz CT molecular complexity index is 1180. The second-order valence-electron chi connectivity index (χ2n) is 8.72. The number of piperidine rings is 1. The first-order valence-electron chi connectivity index (χ1n) is 11.4. The summed E-state index contributed by atoms with van der Waals surface area (Å²) < 4.78 is 5.12. The van der Waals surface area contributed by atoms with Crippen molar-refractivity contribution in [3.63, 3.8) is 0 Å². The minimum absolute atomic E-state index is 0.171. The van der Waals surface area contributed by atoms with Gasteiger partial charge in [-0.3, -0.25) is 19.4 Å². The molecule has 178 valence electrons. The van der Waals surface area contributed by atoms with Crippen LogP contribution in [-0.2, 0) is 14.3 Å². The van der Waals surface area contributed by atoms with Gasteiger partial charge in [-0.25, -0.2) is 0 Å². The molecular weight excluding hydrogens is 436 g/mol. The summed E-state index contributed by atoms with van der Waals surface area (Å²) >= 11 is 0. The standard InChI is InChI=1S/C24H28N6O4/c1-4-34-23(33)15-9-11-30(12-10-15)24-27-20-19(22(32)28-24)18(17(13-25)21(31)26-20)14-5-7-16(8-6-14)29(2)3/h5-8,15,17-18H,4,9-12H2,1-3H3,(H2,26,27,28,31,32). The zero-order chi connectivity index (χ0) is 24.4. The fraction of sp³-hybridized carbons (Fsp3) is 0.458. The monoisotopic (exact) mass is 464 g/mol. The highest BCUT2D eigenvalue weighted by Gasteiger charge is 2.40. The molecule has 2 aliphatic rings. The first-order chi connectivity index (χ1) is 16.3. The zero-order valence-corrected chi connectivity index (χ0v) is 19.5. The molecule has 3 heterocycles. The molecule has 0 aliphatic carbocycles. The molecule has 2 unspecified atom stereocenters. The Morgan fingerprint density at radius 3 is 2.50 bits per heavy atom. The van der Waals surface area contributed by atoms with Crippen LogP contribution in [0, 0.1) is 23.2 Å². The smallest absolute Gasteiger partial charge is 0.309 e. The molecule has 0 bridgehead atoms. The normalized spacial score (nSPS) is 20.2. The summed E-state index contributed by atoms with van der Waals surface area (Å²) in [5, 5.41) is 12.4. The number of nitrogens with one attached hydrogen (secondary N) is 2. The molecule has 2 N–H and O–H groups in total. The molecule has 0 radical (unpaired) electrons. The van der Waals surface area contributed by atoms with E-state index in [0.717, 1.165) is 5.69 Å². The Morgan fingerprint density at radius 1 is 1.24 bits per heavy atom. The van der Waals surface area contributed by atoms with Crippen LogP contribution in [0.4, 0.5) is 17.5 Å². The number of esters is 1. The van der Waals surface area contributed by atoms with Gasteiger partial charge < -0.3 is 19.9 Å². The van der Waals surface area contributed by atoms with Crippen LogP contribution >= 0.6 is 0 Å². The third-order valence-electron chi connectivity index (χ3n) is 6.43. The number of carbonyl (C=O) groups excluding carboxylic acids is 2. The third-order valence-corrected chi connectivity index (χ3v) is 6.43. The van der Waals surface area contributed by atoms with E-state index >= 15 is 0 Å². The van der Waals surface area contributed by atoms with Crippen molar-refractivity contribution in [1.82, 2.24) is 9.97 Å². The summed E-state index contributed by atoms with van der Waals surface area (Å²) in [6.07, 6.45) is 1.17. The number of hydrogen-bond acceptors (Lipinski definition) is 8. The Hall–Kier alpha value is -3.87. The van der Waals surface area contributed by atoms with Crippen molar-refractivity contribution in [3.05, 3.63) is 45.7 Å². The van der Waals surface area contributed by atoms with Gasteiger partial charge in [0.2, 0.25) is 11.9 Å². The number of hydrogen-bond donors (Lipinski definition) is 2. The van der Waals surface area contributed by atoms with Crippen LogP contribution in [0.3, 0.4) is 0 Å². The average molecular weight is 465 g/mol. The summed E-state index contributed by atoms with van der Waals surface area (Å²) in [4.78, 5) is 49.3. The van der Waals surface area contributed by atoms with E-state index in [4.69, 9.17) is 4.74 Å². The number of H-pyrrole nitrogens is 1. The van der Waals surface area contributed by atoms with Gasteiger partial charge in [-0.05, 0) is 37.5 Å². The Morgan fingerprint density at radius 2 is 1.91 bits per heavy atom. The lowest BCUT2D eigenvalue weighted by Crippen LogP contribution is -2.41. The molecule has 1 aromatic carbocycles. The first-order valence-corrected chi connectivity index (χ1v) is 11.4. The van der Waals surface area contributed by atoms with Gasteiger partial charge in [0.1, 0.15) is 11.7 Å². The van der Waals surface area contributed by atoms with Crippen molar-refractivity contribution in [2.75, 3.05) is 48.9 Å². The lowest BCUT2D eigenvalue weighted by molar-refractivity contribution is -0.148. The molecular formula is C24H28N6O4. The van der Waals surface area contributed by atoms with Gasteiger partial charge in [0.15, 0.2) is 0 Å². The van der Waals surface area contributed by atoms with E-state index in [2.05, 4.69) is 21.4 Å². The number of nitrogens with zero attached hydrogens (tertiary/aromatic N) is 4. The van der Waals surface area contributed by atoms with E-state index in [1.54, 1.807) is 6.92 Å². The van der Waals surface area contributed by atoms with Crippen molar-refractivity contribution in [1.29, 1.82) is 5.26 Å². The van der Waals surface area contributed by atoms with E-state index in [0.29, 0.717) is 44.0 Å². The van der Waals surface area contributed by atoms with E-state index in [1.807, 2.05) is 48.2 Å². The van der Waals surface area contributed by atoms with E-state index in [1.165, 1.54) is 0 Å². The second-order valence-corrected chi connectivity index (χ2v) is 8.72. The van der Waals surface area contributed by atoms with Gasteiger partial charge in [-0.15, -0.1) is 0 Å². The highest BCUT2D eigenvalue weighted by Crippen LogP contribution is 2.38. The van der Waals surface area contributed by atoms with Crippen molar-refractivity contribution in [3.8, 4) is 6.07 Å². The average Bonchev–Trinajstić information content (AvgIpc) is 2.83. The number of anilines is 3. The number of nitriles is 1. The molecule has 1 aromatic heterocycles. The lowest BCUT2D eigenvalue weighted by atomic mass is 9.79. The first kappa shape index (κ1) is 23.3. The predicted octanol–water partition coefficient (Wildman–Crippen LogP) is 1.84. The van der Waals surface area contributed by atoms with E-state index in [-0.39, 0.29) is 23.3 Å². The van der Waals surface area contributed by atoms with Crippen LogP contribution in [0.25, 0.3) is 0 Å². The van der Waals surface area contributed by atoms with Crippen LogP contribution in [-0.4, -0.2) is 55.6 Å².